The molecule has 0 saturated carbocycles. The number of piperidine rings is 1. The summed E-state index contributed by atoms with van der Waals surface area (Å²) < 4.78 is 5.37. The second kappa shape index (κ2) is 5.36. The average Bonchev–Trinajstić information content (AvgIpc) is 2.83. The standard InChI is InChI=1S/C13H24N2O2/c1-10(11-4-7-17-8-11)15-12(16)13(2)5-3-6-14-9-13/h10-11,14H,3-9H2,1-2H3,(H,15,16). The second-order valence-corrected chi connectivity index (χ2v) is 5.73. The van der Waals surface area contributed by atoms with Gasteiger partial charge in [-0.25, -0.2) is 0 Å². The molecule has 2 aliphatic heterocycles. The summed E-state index contributed by atoms with van der Waals surface area (Å²) in [5.41, 5.74) is -0.230. The monoisotopic (exact) mass is 240 g/mol. The summed E-state index contributed by atoms with van der Waals surface area (Å²) in [6, 6.07) is 0.226. The molecule has 0 aromatic heterocycles. The maximum atomic E-state index is 12.3. The van der Waals surface area contributed by atoms with Crippen molar-refractivity contribution in [1.29, 1.82) is 0 Å². The quantitative estimate of drug-likeness (QED) is 0.771. The van der Waals surface area contributed by atoms with E-state index < -0.39 is 0 Å². The van der Waals surface area contributed by atoms with Crippen LogP contribution in [0.15, 0.2) is 0 Å². The van der Waals surface area contributed by atoms with Crippen molar-refractivity contribution < 1.29 is 9.53 Å². The lowest BCUT2D eigenvalue weighted by Gasteiger charge is -2.34. The number of rotatable bonds is 3. The minimum absolute atomic E-state index is 0.198. The first-order valence-electron chi connectivity index (χ1n) is 6.71. The highest BCUT2D eigenvalue weighted by Crippen LogP contribution is 2.26. The van der Waals surface area contributed by atoms with Gasteiger partial charge in [-0.1, -0.05) is 0 Å². The maximum absolute atomic E-state index is 12.3. The lowest BCUT2D eigenvalue weighted by atomic mass is 9.81. The van der Waals surface area contributed by atoms with Crippen LogP contribution in [0.3, 0.4) is 0 Å². The molecule has 4 nitrogen and oxygen atoms in total. The van der Waals surface area contributed by atoms with E-state index in [-0.39, 0.29) is 17.4 Å². The molecule has 2 rings (SSSR count). The Kier molecular flexibility index (Phi) is 4.05. The fourth-order valence-corrected chi connectivity index (χ4v) is 2.70. The first-order valence-corrected chi connectivity index (χ1v) is 6.71. The van der Waals surface area contributed by atoms with Crippen LogP contribution in [0.4, 0.5) is 0 Å². The van der Waals surface area contributed by atoms with Gasteiger partial charge in [0.15, 0.2) is 0 Å². The molecular weight excluding hydrogens is 216 g/mol. The van der Waals surface area contributed by atoms with Crippen molar-refractivity contribution in [2.75, 3.05) is 26.3 Å². The van der Waals surface area contributed by atoms with Crippen LogP contribution < -0.4 is 10.6 Å². The van der Waals surface area contributed by atoms with E-state index in [0.29, 0.717) is 5.92 Å². The van der Waals surface area contributed by atoms with E-state index in [1.54, 1.807) is 0 Å². The van der Waals surface area contributed by atoms with Gasteiger partial charge in [0.2, 0.25) is 5.91 Å². The summed E-state index contributed by atoms with van der Waals surface area (Å²) in [6.45, 7) is 7.62. The zero-order valence-electron chi connectivity index (χ0n) is 10.9. The van der Waals surface area contributed by atoms with Crippen molar-refractivity contribution in [3.63, 3.8) is 0 Å². The molecule has 0 aromatic rings. The lowest BCUT2D eigenvalue weighted by Crippen LogP contribution is -2.52. The summed E-state index contributed by atoms with van der Waals surface area (Å²) in [4.78, 5) is 12.3. The molecule has 0 aliphatic carbocycles. The third kappa shape index (κ3) is 2.99. The highest BCUT2D eigenvalue weighted by atomic mass is 16.5. The van der Waals surface area contributed by atoms with Gasteiger partial charge in [-0.3, -0.25) is 4.79 Å². The summed E-state index contributed by atoms with van der Waals surface area (Å²) in [7, 11) is 0. The largest absolute Gasteiger partial charge is 0.381 e. The van der Waals surface area contributed by atoms with E-state index in [4.69, 9.17) is 4.74 Å². The van der Waals surface area contributed by atoms with Gasteiger partial charge in [-0.2, -0.15) is 0 Å². The second-order valence-electron chi connectivity index (χ2n) is 5.73. The molecule has 17 heavy (non-hydrogen) atoms. The van der Waals surface area contributed by atoms with Gasteiger partial charge in [-0.15, -0.1) is 0 Å². The molecule has 2 aliphatic rings. The van der Waals surface area contributed by atoms with Crippen LogP contribution in [0, 0.1) is 11.3 Å². The normalized spacial score (nSPS) is 35.5. The van der Waals surface area contributed by atoms with E-state index in [9.17, 15) is 4.79 Å². The molecule has 2 fully saturated rings. The van der Waals surface area contributed by atoms with Crippen LogP contribution >= 0.6 is 0 Å². The smallest absolute Gasteiger partial charge is 0.227 e. The van der Waals surface area contributed by atoms with Gasteiger partial charge < -0.3 is 15.4 Å². The van der Waals surface area contributed by atoms with Crippen LogP contribution in [0.2, 0.25) is 0 Å². The average molecular weight is 240 g/mol. The van der Waals surface area contributed by atoms with Crippen molar-refractivity contribution in [2.24, 2.45) is 11.3 Å². The maximum Gasteiger partial charge on any atom is 0.227 e. The summed E-state index contributed by atoms with van der Waals surface area (Å²) >= 11 is 0. The minimum Gasteiger partial charge on any atom is -0.381 e. The molecule has 0 spiro atoms. The zero-order chi connectivity index (χ0) is 12.3. The number of nitrogens with one attached hydrogen (secondary N) is 2. The summed E-state index contributed by atoms with van der Waals surface area (Å²) in [6.07, 6.45) is 3.14. The Morgan fingerprint density at radius 2 is 2.41 bits per heavy atom. The van der Waals surface area contributed by atoms with E-state index in [0.717, 1.165) is 45.6 Å². The third-order valence-electron chi connectivity index (χ3n) is 4.18. The van der Waals surface area contributed by atoms with Gasteiger partial charge in [0.1, 0.15) is 0 Å². The molecule has 0 bridgehead atoms. The van der Waals surface area contributed by atoms with Crippen LogP contribution in [0.1, 0.15) is 33.1 Å². The zero-order valence-corrected chi connectivity index (χ0v) is 10.9. The predicted octanol–water partition coefficient (Wildman–Crippen LogP) is 0.917. The summed E-state index contributed by atoms with van der Waals surface area (Å²) in [5, 5.41) is 6.49. The first-order chi connectivity index (χ1) is 8.12. The van der Waals surface area contributed by atoms with Gasteiger partial charge in [0.05, 0.1) is 12.0 Å². The Hall–Kier alpha value is -0.610. The fraction of sp³-hybridized carbons (Fsp3) is 0.923. The van der Waals surface area contributed by atoms with Crippen molar-refractivity contribution in [1.82, 2.24) is 10.6 Å². The van der Waals surface area contributed by atoms with E-state index in [1.807, 2.05) is 0 Å². The van der Waals surface area contributed by atoms with Crippen molar-refractivity contribution in [3.05, 3.63) is 0 Å². The molecule has 2 saturated heterocycles. The molecular formula is C13H24N2O2. The Balaban J connectivity index is 1.86. The van der Waals surface area contributed by atoms with E-state index in [2.05, 4.69) is 24.5 Å². The van der Waals surface area contributed by atoms with Gasteiger partial charge >= 0.3 is 0 Å². The molecule has 0 radical (unpaired) electrons. The number of hydrogen-bond acceptors (Lipinski definition) is 3. The first kappa shape index (κ1) is 12.8. The Labute approximate surface area is 103 Å². The molecule has 2 N–H and O–H groups in total. The van der Waals surface area contributed by atoms with Crippen LogP contribution in [0.25, 0.3) is 0 Å². The lowest BCUT2D eigenvalue weighted by molar-refractivity contribution is -0.132. The minimum atomic E-state index is -0.230. The number of ether oxygens (including phenoxy) is 1. The molecule has 2 heterocycles. The van der Waals surface area contributed by atoms with E-state index >= 15 is 0 Å². The number of amides is 1. The van der Waals surface area contributed by atoms with Gasteiger partial charge in [0.25, 0.3) is 0 Å². The Morgan fingerprint density at radius 1 is 1.59 bits per heavy atom. The summed E-state index contributed by atoms with van der Waals surface area (Å²) in [5.74, 6) is 0.684. The van der Waals surface area contributed by atoms with Gasteiger partial charge in [0, 0.05) is 25.1 Å². The highest BCUT2D eigenvalue weighted by Gasteiger charge is 2.36. The van der Waals surface area contributed by atoms with Crippen LogP contribution in [-0.4, -0.2) is 38.3 Å². The topological polar surface area (TPSA) is 50.4 Å². The third-order valence-corrected chi connectivity index (χ3v) is 4.18. The number of hydrogen-bond donors (Lipinski definition) is 2. The molecule has 3 unspecified atom stereocenters. The fourth-order valence-electron chi connectivity index (χ4n) is 2.70. The predicted molar refractivity (Wildman–Crippen MR) is 66.7 cm³/mol. The molecule has 4 heteroatoms. The van der Waals surface area contributed by atoms with E-state index in [1.165, 1.54) is 0 Å². The molecule has 3 atom stereocenters. The van der Waals surface area contributed by atoms with Gasteiger partial charge in [-0.05, 0) is 39.7 Å². The Bertz CT molecular complexity index is 269. The molecule has 98 valence electrons. The highest BCUT2D eigenvalue weighted by molar-refractivity contribution is 5.82. The molecule has 1 amide bonds. The van der Waals surface area contributed by atoms with Crippen molar-refractivity contribution in [2.45, 2.75) is 39.2 Å². The molecule has 0 aromatic carbocycles. The number of carbonyl (C=O) groups is 1. The van der Waals surface area contributed by atoms with Crippen molar-refractivity contribution >= 4 is 5.91 Å². The SMILES string of the molecule is CC(NC(=O)C1(C)CCCNC1)C1CCOC1. The number of carbonyl (C=O) groups excluding carboxylic acids is 1. The van der Waals surface area contributed by atoms with Crippen LogP contribution in [-0.2, 0) is 9.53 Å². The Morgan fingerprint density at radius 3 is 3.00 bits per heavy atom. The van der Waals surface area contributed by atoms with Crippen molar-refractivity contribution in [3.8, 4) is 0 Å². The van der Waals surface area contributed by atoms with Crippen LogP contribution in [0.5, 0.6) is 0 Å².